The van der Waals surface area contributed by atoms with Crippen LogP contribution in [0.15, 0.2) is 16.8 Å². The molecule has 0 radical (unpaired) electrons. The van der Waals surface area contributed by atoms with E-state index in [4.69, 9.17) is 5.21 Å². The first kappa shape index (κ1) is 14.7. The van der Waals surface area contributed by atoms with Gasteiger partial charge in [-0.25, -0.2) is 0 Å². The molecule has 2 N–H and O–H groups in total. The van der Waals surface area contributed by atoms with Crippen molar-refractivity contribution in [1.29, 1.82) is 0 Å². The highest BCUT2D eigenvalue weighted by Gasteiger charge is 2.58. The van der Waals surface area contributed by atoms with Gasteiger partial charge in [-0.15, -0.1) is 0 Å². The Kier molecular flexibility index (Phi) is 3.24. The molecule has 3 fully saturated rings. The first-order valence-corrected chi connectivity index (χ1v) is 9.09. The summed E-state index contributed by atoms with van der Waals surface area (Å²) in [6, 6.07) is 0. The molecule has 0 amide bonds. The van der Waals surface area contributed by atoms with Gasteiger partial charge in [-0.1, -0.05) is 24.6 Å². The highest BCUT2D eigenvalue weighted by Crippen LogP contribution is 2.65. The Bertz CT molecular complexity index is 540. The smallest absolute Gasteiger partial charge is 0.0795 e. The van der Waals surface area contributed by atoms with Crippen LogP contribution in [0.2, 0.25) is 0 Å². The molecule has 3 nitrogen and oxygen atoms in total. The van der Waals surface area contributed by atoms with Crippen molar-refractivity contribution in [2.45, 2.75) is 71.3 Å². The van der Waals surface area contributed by atoms with Gasteiger partial charge in [0.2, 0.25) is 0 Å². The summed E-state index contributed by atoms with van der Waals surface area (Å²) in [7, 11) is 0. The molecule has 6 atom stereocenters. The van der Waals surface area contributed by atoms with E-state index in [0.717, 1.165) is 43.2 Å². The number of aliphatic hydroxyl groups excluding tert-OH is 1. The minimum atomic E-state index is -0.0809. The Morgan fingerprint density at radius 3 is 2.64 bits per heavy atom. The molecule has 0 aliphatic heterocycles. The molecule has 0 aromatic carbocycles. The molecule has 3 heteroatoms. The van der Waals surface area contributed by atoms with Gasteiger partial charge in [-0.05, 0) is 86.0 Å². The topological polar surface area (TPSA) is 52.8 Å². The van der Waals surface area contributed by atoms with Crippen molar-refractivity contribution < 1.29 is 10.3 Å². The van der Waals surface area contributed by atoms with Crippen LogP contribution in [-0.2, 0) is 0 Å². The van der Waals surface area contributed by atoms with E-state index >= 15 is 0 Å². The van der Waals surface area contributed by atoms with Gasteiger partial charge < -0.3 is 10.3 Å². The molecule has 0 bridgehead atoms. The van der Waals surface area contributed by atoms with E-state index in [9.17, 15) is 5.11 Å². The number of aliphatic hydroxyl groups is 1. The van der Waals surface area contributed by atoms with E-state index in [1.165, 1.54) is 31.3 Å². The van der Waals surface area contributed by atoms with Crippen LogP contribution in [0.5, 0.6) is 0 Å². The van der Waals surface area contributed by atoms with Crippen LogP contribution in [0.4, 0.5) is 0 Å². The van der Waals surface area contributed by atoms with Crippen molar-refractivity contribution in [3.05, 3.63) is 11.6 Å². The lowest BCUT2D eigenvalue weighted by Gasteiger charge is -2.57. The lowest BCUT2D eigenvalue weighted by Crippen LogP contribution is -2.51. The van der Waals surface area contributed by atoms with Crippen molar-refractivity contribution in [1.82, 2.24) is 0 Å². The number of hydrogen-bond acceptors (Lipinski definition) is 3. The van der Waals surface area contributed by atoms with Crippen molar-refractivity contribution in [3.63, 3.8) is 0 Å². The van der Waals surface area contributed by atoms with Crippen LogP contribution < -0.4 is 0 Å². The Morgan fingerprint density at radius 2 is 1.86 bits per heavy atom. The third kappa shape index (κ3) is 1.81. The fourth-order valence-corrected chi connectivity index (χ4v) is 6.62. The van der Waals surface area contributed by atoms with E-state index in [2.05, 4.69) is 25.1 Å². The molecule has 0 aromatic rings. The van der Waals surface area contributed by atoms with Gasteiger partial charge in [-0.3, -0.25) is 0 Å². The molecule has 122 valence electrons. The SMILES string of the molecule is C[C@]12CC/C(=N/O)C=C1CCC1C2CC[C@@]2(C)C1CC[C@@H]2O. The summed E-state index contributed by atoms with van der Waals surface area (Å²) in [5, 5.41) is 23.0. The van der Waals surface area contributed by atoms with Crippen molar-refractivity contribution in [2.75, 3.05) is 0 Å². The van der Waals surface area contributed by atoms with E-state index in [1.54, 1.807) is 0 Å². The van der Waals surface area contributed by atoms with Crippen molar-refractivity contribution >= 4 is 5.71 Å². The fraction of sp³-hybridized carbons (Fsp3) is 0.842. The zero-order valence-corrected chi connectivity index (χ0v) is 13.9. The maximum Gasteiger partial charge on any atom is 0.0795 e. The highest BCUT2D eigenvalue weighted by molar-refractivity contribution is 5.96. The van der Waals surface area contributed by atoms with Crippen LogP contribution in [0.3, 0.4) is 0 Å². The summed E-state index contributed by atoms with van der Waals surface area (Å²) in [4.78, 5) is 0. The summed E-state index contributed by atoms with van der Waals surface area (Å²) in [5.41, 5.74) is 2.86. The number of rotatable bonds is 0. The average molecular weight is 303 g/mol. The molecule has 0 aromatic heterocycles. The summed E-state index contributed by atoms with van der Waals surface area (Å²) in [5.74, 6) is 2.26. The first-order chi connectivity index (χ1) is 10.5. The molecule has 4 aliphatic rings. The summed E-state index contributed by atoms with van der Waals surface area (Å²) in [6.45, 7) is 4.80. The predicted octanol–water partition coefficient (Wildman–Crippen LogP) is 4.14. The van der Waals surface area contributed by atoms with Crippen LogP contribution in [0.1, 0.15) is 65.2 Å². The summed E-state index contributed by atoms with van der Waals surface area (Å²) < 4.78 is 0. The van der Waals surface area contributed by atoms with Crippen molar-refractivity contribution in [2.24, 2.45) is 33.7 Å². The van der Waals surface area contributed by atoms with Gasteiger partial charge in [0.15, 0.2) is 0 Å². The number of fused-ring (bicyclic) bond motifs is 5. The zero-order chi connectivity index (χ0) is 15.5. The normalized spacial score (nSPS) is 52.7. The predicted molar refractivity (Wildman–Crippen MR) is 86.9 cm³/mol. The number of oxime groups is 1. The Balaban J connectivity index is 1.68. The second-order valence-corrected chi connectivity index (χ2v) is 8.73. The Labute approximate surface area is 133 Å². The number of hydrogen-bond donors (Lipinski definition) is 2. The van der Waals surface area contributed by atoms with Crippen LogP contribution >= 0.6 is 0 Å². The molecular formula is C19H29NO2. The minimum Gasteiger partial charge on any atom is -0.411 e. The highest BCUT2D eigenvalue weighted by atomic mass is 16.4. The second kappa shape index (κ2) is 4.83. The first-order valence-electron chi connectivity index (χ1n) is 9.09. The summed E-state index contributed by atoms with van der Waals surface area (Å²) in [6.07, 6.45) is 11.2. The maximum absolute atomic E-state index is 10.5. The number of allylic oxidation sites excluding steroid dienone is 2. The third-order valence-electron chi connectivity index (χ3n) is 8.06. The fourth-order valence-electron chi connectivity index (χ4n) is 6.62. The lowest BCUT2D eigenvalue weighted by atomic mass is 9.47. The van der Waals surface area contributed by atoms with E-state index < -0.39 is 0 Å². The molecule has 4 aliphatic carbocycles. The van der Waals surface area contributed by atoms with Gasteiger partial charge >= 0.3 is 0 Å². The zero-order valence-electron chi connectivity index (χ0n) is 13.9. The largest absolute Gasteiger partial charge is 0.411 e. The lowest BCUT2D eigenvalue weighted by molar-refractivity contribution is -0.0722. The van der Waals surface area contributed by atoms with E-state index in [-0.39, 0.29) is 11.5 Å². The van der Waals surface area contributed by atoms with Gasteiger partial charge in [0.05, 0.1) is 11.8 Å². The van der Waals surface area contributed by atoms with Crippen LogP contribution in [0.25, 0.3) is 0 Å². The summed E-state index contributed by atoms with van der Waals surface area (Å²) >= 11 is 0. The van der Waals surface area contributed by atoms with Crippen molar-refractivity contribution in [3.8, 4) is 0 Å². The van der Waals surface area contributed by atoms with Crippen LogP contribution in [0, 0.1) is 28.6 Å². The molecule has 0 saturated heterocycles. The van der Waals surface area contributed by atoms with Crippen LogP contribution in [-0.4, -0.2) is 22.1 Å². The molecule has 0 spiro atoms. The van der Waals surface area contributed by atoms with E-state index in [1.807, 2.05) is 0 Å². The Hall–Kier alpha value is -0.830. The van der Waals surface area contributed by atoms with Gasteiger partial charge in [-0.2, -0.15) is 0 Å². The van der Waals surface area contributed by atoms with E-state index in [0.29, 0.717) is 11.3 Å². The standard InChI is InChI=1S/C19H29NO2/c1-18-9-7-13(20-22)11-12(18)3-4-14-15-5-6-17(21)19(15,2)10-8-16(14)18/h11,14-17,21-22H,3-10H2,1-2H3/b20-13-/t14?,15?,16?,17-,18-,19-/m0/s1. The molecule has 4 rings (SSSR count). The quantitative estimate of drug-likeness (QED) is 0.522. The molecule has 3 unspecified atom stereocenters. The average Bonchev–Trinajstić information content (AvgIpc) is 2.82. The van der Waals surface area contributed by atoms with Gasteiger partial charge in [0.25, 0.3) is 0 Å². The monoisotopic (exact) mass is 303 g/mol. The molecule has 0 heterocycles. The Morgan fingerprint density at radius 1 is 1.05 bits per heavy atom. The molecular weight excluding hydrogens is 274 g/mol. The van der Waals surface area contributed by atoms with Gasteiger partial charge in [0.1, 0.15) is 0 Å². The number of nitrogens with zero attached hydrogens (tertiary/aromatic N) is 1. The van der Waals surface area contributed by atoms with Gasteiger partial charge in [0, 0.05) is 0 Å². The maximum atomic E-state index is 10.5. The second-order valence-electron chi connectivity index (χ2n) is 8.73. The third-order valence-corrected chi connectivity index (χ3v) is 8.06. The molecule has 22 heavy (non-hydrogen) atoms. The molecule has 3 saturated carbocycles. The minimum absolute atomic E-state index is 0.0809.